The average molecular weight is 462 g/mol. The number of anilines is 2. The van der Waals surface area contributed by atoms with Crippen LogP contribution in [0.2, 0.25) is 0 Å². The van der Waals surface area contributed by atoms with Gasteiger partial charge in [-0.3, -0.25) is 9.52 Å². The van der Waals surface area contributed by atoms with Crippen LogP contribution in [0, 0.1) is 11.6 Å². The molecule has 7 nitrogen and oxygen atoms in total. The van der Waals surface area contributed by atoms with Crippen LogP contribution in [0.15, 0.2) is 65.6 Å². The van der Waals surface area contributed by atoms with Gasteiger partial charge < -0.3 is 15.2 Å². The highest BCUT2D eigenvalue weighted by atomic mass is 32.2. The number of aryl methyl sites for hydroxylation is 1. The van der Waals surface area contributed by atoms with Crippen LogP contribution in [0.5, 0.6) is 11.5 Å². The van der Waals surface area contributed by atoms with Crippen LogP contribution >= 0.6 is 0 Å². The SMILES string of the molecule is COc1ccccc1NS(=O)(=O)c1ccc(O)c(NC(=O)CCc2ccc(F)c(F)c2)c1. The zero-order chi connectivity index (χ0) is 23.3. The Morgan fingerprint density at radius 1 is 1.00 bits per heavy atom. The highest BCUT2D eigenvalue weighted by Gasteiger charge is 2.19. The second kappa shape index (κ2) is 9.65. The number of methoxy groups -OCH3 is 1. The van der Waals surface area contributed by atoms with Crippen molar-refractivity contribution in [1.29, 1.82) is 0 Å². The average Bonchev–Trinajstić information content (AvgIpc) is 2.76. The summed E-state index contributed by atoms with van der Waals surface area (Å²) in [4.78, 5) is 12.1. The van der Waals surface area contributed by atoms with Crippen LogP contribution < -0.4 is 14.8 Å². The van der Waals surface area contributed by atoms with Gasteiger partial charge in [0, 0.05) is 6.42 Å². The number of hydrogen-bond acceptors (Lipinski definition) is 5. The number of halogens is 2. The fourth-order valence-electron chi connectivity index (χ4n) is 2.88. The maximum absolute atomic E-state index is 13.3. The Kier molecular flexibility index (Phi) is 6.94. The number of phenols is 1. The molecule has 0 unspecified atom stereocenters. The number of para-hydroxylation sites is 2. The lowest BCUT2D eigenvalue weighted by Gasteiger charge is -2.13. The lowest BCUT2D eigenvalue weighted by atomic mass is 10.1. The highest BCUT2D eigenvalue weighted by Crippen LogP contribution is 2.30. The zero-order valence-electron chi connectivity index (χ0n) is 16.9. The molecular weight excluding hydrogens is 442 g/mol. The van der Waals surface area contributed by atoms with E-state index >= 15 is 0 Å². The number of carbonyl (C=O) groups excluding carboxylic acids is 1. The Hall–Kier alpha value is -3.66. The zero-order valence-corrected chi connectivity index (χ0v) is 17.7. The molecule has 0 heterocycles. The number of aromatic hydroxyl groups is 1. The smallest absolute Gasteiger partial charge is 0.262 e. The van der Waals surface area contributed by atoms with E-state index in [-0.39, 0.29) is 34.9 Å². The largest absolute Gasteiger partial charge is 0.506 e. The molecule has 0 aliphatic carbocycles. The maximum atomic E-state index is 13.3. The van der Waals surface area contributed by atoms with Crippen molar-refractivity contribution in [3.05, 3.63) is 77.9 Å². The number of hydrogen-bond donors (Lipinski definition) is 3. The van der Waals surface area contributed by atoms with Crippen LogP contribution in [0.3, 0.4) is 0 Å². The number of sulfonamides is 1. The molecule has 32 heavy (non-hydrogen) atoms. The number of benzene rings is 3. The Labute approximate surface area is 183 Å². The number of rotatable bonds is 8. The molecule has 3 aromatic rings. The normalized spacial score (nSPS) is 11.1. The summed E-state index contributed by atoms with van der Waals surface area (Å²) in [5, 5.41) is 12.5. The molecule has 0 atom stereocenters. The molecule has 1 amide bonds. The summed E-state index contributed by atoms with van der Waals surface area (Å²) >= 11 is 0. The summed E-state index contributed by atoms with van der Waals surface area (Å²) in [6.07, 6.45) is 0.0259. The summed E-state index contributed by atoms with van der Waals surface area (Å²) in [6, 6.07) is 13.2. The second-order valence-corrected chi connectivity index (χ2v) is 8.46. The van der Waals surface area contributed by atoms with Crippen LogP contribution in [0.4, 0.5) is 20.2 Å². The van der Waals surface area contributed by atoms with Crippen molar-refractivity contribution < 1.29 is 31.8 Å². The van der Waals surface area contributed by atoms with Gasteiger partial charge in [-0.15, -0.1) is 0 Å². The summed E-state index contributed by atoms with van der Waals surface area (Å²) in [6.45, 7) is 0. The van der Waals surface area contributed by atoms with Crippen molar-refractivity contribution in [3.63, 3.8) is 0 Å². The molecule has 3 aromatic carbocycles. The van der Waals surface area contributed by atoms with E-state index in [9.17, 15) is 27.1 Å². The van der Waals surface area contributed by atoms with E-state index in [2.05, 4.69) is 10.0 Å². The molecule has 0 saturated heterocycles. The predicted molar refractivity (Wildman–Crippen MR) is 115 cm³/mol. The molecule has 10 heteroatoms. The standard InChI is InChI=1S/C22H20F2N2O5S/c1-31-21-5-3-2-4-18(21)26-32(29,30)15-8-10-20(27)19(13-15)25-22(28)11-7-14-6-9-16(23)17(24)12-14/h2-6,8-10,12-13,26-27H,7,11H2,1H3,(H,25,28). The summed E-state index contributed by atoms with van der Waals surface area (Å²) in [5.41, 5.74) is 0.531. The van der Waals surface area contributed by atoms with Crippen LogP contribution in [0.1, 0.15) is 12.0 Å². The molecule has 0 aliphatic heterocycles. The first kappa shape index (κ1) is 23.0. The molecular formula is C22H20F2N2O5S. The first-order valence-electron chi connectivity index (χ1n) is 9.42. The van der Waals surface area contributed by atoms with E-state index in [0.29, 0.717) is 11.3 Å². The monoisotopic (exact) mass is 462 g/mol. The Balaban J connectivity index is 1.73. The van der Waals surface area contributed by atoms with Crippen molar-refractivity contribution in [1.82, 2.24) is 0 Å². The molecule has 0 aliphatic rings. The van der Waals surface area contributed by atoms with Crippen LogP contribution in [0.25, 0.3) is 0 Å². The van der Waals surface area contributed by atoms with Gasteiger partial charge in [0.15, 0.2) is 11.6 Å². The number of amides is 1. The summed E-state index contributed by atoms with van der Waals surface area (Å²) in [5.74, 6) is -2.55. The van der Waals surface area contributed by atoms with Crippen molar-refractivity contribution >= 4 is 27.3 Å². The first-order chi connectivity index (χ1) is 15.2. The van der Waals surface area contributed by atoms with E-state index in [1.165, 1.54) is 25.3 Å². The molecule has 0 aromatic heterocycles. The number of carbonyl (C=O) groups is 1. The Morgan fingerprint density at radius 3 is 2.47 bits per heavy atom. The van der Waals surface area contributed by atoms with Gasteiger partial charge in [0.25, 0.3) is 10.0 Å². The van der Waals surface area contributed by atoms with Gasteiger partial charge in [-0.25, -0.2) is 17.2 Å². The molecule has 0 spiro atoms. The fraction of sp³-hybridized carbons (Fsp3) is 0.136. The maximum Gasteiger partial charge on any atom is 0.262 e. The van der Waals surface area contributed by atoms with E-state index in [4.69, 9.17) is 4.74 Å². The van der Waals surface area contributed by atoms with Gasteiger partial charge in [0.05, 0.1) is 23.4 Å². The number of phenolic OH excluding ortho intramolecular Hbond substituents is 1. The fourth-order valence-corrected chi connectivity index (χ4v) is 3.98. The lowest BCUT2D eigenvalue weighted by molar-refractivity contribution is -0.116. The van der Waals surface area contributed by atoms with Gasteiger partial charge >= 0.3 is 0 Å². The van der Waals surface area contributed by atoms with E-state index in [1.807, 2.05) is 0 Å². The summed E-state index contributed by atoms with van der Waals surface area (Å²) < 4.78 is 59.3. The van der Waals surface area contributed by atoms with Gasteiger partial charge in [-0.2, -0.15) is 0 Å². The van der Waals surface area contributed by atoms with Gasteiger partial charge in [0.2, 0.25) is 5.91 Å². The Bertz CT molecular complexity index is 1250. The first-order valence-corrected chi connectivity index (χ1v) is 10.9. The van der Waals surface area contributed by atoms with E-state index < -0.39 is 27.6 Å². The van der Waals surface area contributed by atoms with Crippen molar-refractivity contribution in [2.75, 3.05) is 17.1 Å². The third-order valence-electron chi connectivity index (χ3n) is 4.53. The van der Waals surface area contributed by atoms with E-state index in [1.54, 1.807) is 18.2 Å². The molecule has 3 rings (SSSR count). The number of ether oxygens (including phenoxy) is 1. The molecule has 168 valence electrons. The minimum absolute atomic E-state index is 0.0963. The van der Waals surface area contributed by atoms with E-state index in [0.717, 1.165) is 24.3 Å². The predicted octanol–water partition coefficient (Wildman–Crippen LogP) is 4.05. The second-order valence-electron chi connectivity index (χ2n) is 6.78. The van der Waals surface area contributed by atoms with Crippen molar-refractivity contribution in [3.8, 4) is 11.5 Å². The van der Waals surface area contributed by atoms with Crippen molar-refractivity contribution in [2.24, 2.45) is 0 Å². The molecule has 0 saturated carbocycles. The molecule has 3 N–H and O–H groups in total. The third-order valence-corrected chi connectivity index (χ3v) is 5.89. The summed E-state index contributed by atoms with van der Waals surface area (Å²) in [7, 11) is -2.65. The minimum Gasteiger partial charge on any atom is -0.506 e. The topological polar surface area (TPSA) is 105 Å². The highest BCUT2D eigenvalue weighted by molar-refractivity contribution is 7.92. The third kappa shape index (κ3) is 5.52. The van der Waals surface area contributed by atoms with Gasteiger partial charge in [0.1, 0.15) is 11.5 Å². The van der Waals surface area contributed by atoms with Crippen LogP contribution in [-0.2, 0) is 21.2 Å². The van der Waals surface area contributed by atoms with Crippen molar-refractivity contribution in [2.45, 2.75) is 17.7 Å². The molecule has 0 fully saturated rings. The molecule has 0 radical (unpaired) electrons. The Morgan fingerprint density at radius 2 is 1.75 bits per heavy atom. The quantitative estimate of drug-likeness (QED) is 0.438. The lowest BCUT2D eigenvalue weighted by Crippen LogP contribution is -2.16. The number of nitrogens with one attached hydrogen (secondary N) is 2. The van der Waals surface area contributed by atoms with Gasteiger partial charge in [-0.1, -0.05) is 18.2 Å². The molecule has 0 bridgehead atoms. The minimum atomic E-state index is -4.05. The van der Waals surface area contributed by atoms with Crippen LogP contribution in [-0.4, -0.2) is 26.5 Å². The van der Waals surface area contributed by atoms with Gasteiger partial charge in [-0.05, 0) is 54.4 Å².